The van der Waals surface area contributed by atoms with E-state index in [0.717, 1.165) is 10.6 Å². The molecule has 0 saturated heterocycles. The number of aliphatic carboxylic acids is 1. The van der Waals surface area contributed by atoms with E-state index in [2.05, 4.69) is 25.1 Å². The molecule has 2 aromatic rings. The molecule has 0 aromatic carbocycles. The number of carboxylic acid groups (broad SMARTS) is 1. The molecule has 0 fully saturated rings. The molecule has 0 saturated carbocycles. The molecule has 20 heavy (non-hydrogen) atoms. The minimum atomic E-state index is -0.818. The zero-order chi connectivity index (χ0) is 14.7. The van der Waals surface area contributed by atoms with Crippen LogP contribution in [-0.2, 0) is 11.3 Å². The number of aryl methyl sites for hydroxylation is 1. The SMILES string of the molecule is CC(CCn1nnnc1-c1snnc1C(C)C)C(=O)O. The highest BCUT2D eigenvalue weighted by Crippen LogP contribution is 2.28. The molecule has 9 heteroatoms. The summed E-state index contributed by atoms with van der Waals surface area (Å²) in [5.74, 6) is -0.425. The van der Waals surface area contributed by atoms with Gasteiger partial charge in [0.05, 0.1) is 11.6 Å². The average molecular weight is 296 g/mol. The topological polar surface area (TPSA) is 107 Å². The summed E-state index contributed by atoms with van der Waals surface area (Å²) >= 11 is 1.25. The van der Waals surface area contributed by atoms with Crippen molar-refractivity contribution in [2.24, 2.45) is 5.92 Å². The fourth-order valence-corrected chi connectivity index (χ4v) is 2.50. The van der Waals surface area contributed by atoms with E-state index in [1.165, 1.54) is 11.5 Å². The molecule has 0 amide bonds. The zero-order valence-electron chi connectivity index (χ0n) is 11.5. The maximum absolute atomic E-state index is 10.8. The van der Waals surface area contributed by atoms with Gasteiger partial charge in [-0.15, -0.1) is 10.2 Å². The van der Waals surface area contributed by atoms with Crippen LogP contribution in [0.3, 0.4) is 0 Å². The third-order valence-corrected chi connectivity index (χ3v) is 3.73. The summed E-state index contributed by atoms with van der Waals surface area (Å²) < 4.78 is 5.56. The summed E-state index contributed by atoms with van der Waals surface area (Å²) in [4.78, 5) is 11.7. The number of carboxylic acids is 1. The van der Waals surface area contributed by atoms with Gasteiger partial charge in [-0.05, 0) is 34.3 Å². The van der Waals surface area contributed by atoms with Crippen LogP contribution in [-0.4, -0.2) is 40.9 Å². The van der Waals surface area contributed by atoms with Crippen LogP contribution >= 0.6 is 11.5 Å². The van der Waals surface area contributed by atoms with E-state index in [0.29, 0.717) is 18.8 Å². The van der Waals surface area contributed by atoms with Gasteiger partial charge >= 0.3 is 5.97 Å². The second-order valence-corrected chi connectivity index (χ2v) is 5.65. The Morgan fingerprint density at radius 3 is 2.75 bits per heavy atom. The monoisotopic (exact) mass is 296 g/mol. The summed E-state index contributed by atoms with van der Waals surface area (Å²) in [5.41, 5.74) is 0.859. The molecule has 0 aliphatic heterocycles. The molecular formula is C11H16N6O2S. The van der Waals surface area contributed by atoms with Crippen LogP contribution in [0.5, 0.6) is 0 Å². The van der Waals surface area contributed by atoms with Gasteiger partial charge in [-0.2, -0.15) is 0 Å². The number of hydrogen-bond acceptors (Lipinski definition) is 7. The molecule has 0 aliphatic carbocycles. The molecule has 1 atom stereocenters. The van der Waals surface area contributed by atoms with Crippen molar-refractivity contribution in [1.29, 1.82) is 0 Å². The molecule has 2 aromatic heterocycles. The van der Waals surface area contributed by atoms with Crippen LogP contribution in [0.2, 0.25) is 0 Å². The summed E-state index contributed by atoms with van der Waals surface area (Å²) in [7, 11) is 0. The first-order valence-corrected chi connectivity index (χ1v) is 7.09. The van der Waals surface area contributed by atoms with E-state index in [-0.39, 0.29) is 5.92 Å². The first-order chi connectivity index (χ1) is 9.50. The molecule has 2 rings (SSSR count). The minimum Gasteiger partial charge on any atom is -0.481 e. The molecule has 8 nitrogen and oxygen atoms in total. The third-order valence-electron chi connectivity index (χ3n) is 2.99. The van der Waals surface area contributed by atoms with E-state index >= 15 is 0 Å². The number of nitrogens with zero attached hydrogens (tertiary/aromatic N) is 6. The number of hydrogen-bond donors (Lipinski definition) is 1. The highest BCUT2D eigenvalue weighted by atomic mass is 32.1. The summed E-state index contributed by atoms with van der Waals surface area (Å²) in [6.45, 7) is 6.17. The molecule has 0 aliphatic rings. The molecule has 108 valence electrons. The van der Waals surface area contributed by atoms with Crippen molar-refractivity contribution in [3.8, 4) is 10.7 Å². The summed E-state index contributed by atoms with van der Waals surface area (Å²) in [6, 6.07) is 0. The first kappa shape index (κ1) is 14.5. The number of carbonyl (C=O) groups is 1. The second-order valence-electron chi connectivity index (χ2n) is 4.90. The van der Waals surface area contributed by atoms with E-state index < -0.39 is 11.9 Å². The fourth-order valence-electron chi connectivity index (χ4n) is 1.69. The first-order valence-electron chi connectivity index (χ1n) is 6.32. The molecular weight excluding hydrogens is 280 g/mol. The standard InChI is InChI=1S/C11H16N6O2S/c1-6(2)8-9(20-16-12-8)10-13-14-15-17(10)5-4-7(3)11(18)19/h6-7H,4-5H2,1-3H3,(H,18,19). The normalized spacial score (nSPS) is 12.8. The highest BCUT2D eigenvalue weighted by molar-refractivity contribution is 7.09. The van der Waals surface area contributed by atoms with E-state index in [9.17, 15) is 4.79 Å². The Morgan fingerprint density at radius 2 is 2.10 bits per heavy atom. The van der Waals surface area contributed by atoms with Crippen LogP contribution in [0, 0.1) is 5.92 Å². The van der Waals surface area contributed by atoms with Crippen molar-refractivity contribution < 1.29 is 9.90 Å². The highest BCUT2D eigenvalue weighted by Gasteiger charge is 2.20. The Hall–Kier alpha value is -1.90. The molecule has 1 unspecified atom stereocenters. The largest absolute Gasteiger partial charge is 0.481 e. The lowest BCUT2D eigenvalue weighted by molar-refractivity contribution is -0.141. The zero-order valence-corrected chi connectivity index (χ0v) is 12.3. The number of aromatic nitrogens is 6. The van der Waals surface area contributed by atoms with Crippen LogP contribution < -0.4 is 0 Å². The van der Waals surface area contributed by atoms with Crippen molar-refractivity contribution in [2.45, 2.75) is 39.7 Å². The third kappa shape index (κ3) is 2.98. The number of rotatable bonds is 6. The van der Waals surface area contributed by atoms with Gasteiger partial charge in [0.25, 0.3) is 0 Å². The lowest BCUT2D eigenvalue weighted by atomic mass is 10.1. The Kier molecular flexibility index (Phi) is 4.38. The predicted octanol–water partition coefficient (Wildman–Crippen LogP) is 1.43. The maximum atomic E-state index is 10.8. The summed E-state index contributed by atoms with van der Waals surface area (Å²) in [6.07, 6.45) is 0.469. The molecule has 0 bridgehead atoms. The molecule has 0 radical (unpaired) electrons. The quantitative estimate of drug-likeness (QED) is 0.859. The van der Waals surface area contributed by atoms with Crippen molar-refractivity contribution >= 4 is 17.5 Å². The fraction of sp³-hybridized carbons (Fsp3) is 0.636. The Balaban J connectivity index is 2.20. The Morgan fingerprint density at radius 1 is 1.35 bits per heavy atom. The number of tetrazole rings is 1. The van der Waals surface area contributed by atoms with Gasteiger partial charge < -0.3 is 5.11 Å². The van der Waals surface area contributed by atoms with Crippen LogP contribution in [0.4, 0.5) is 0 Å². The lowest BCUT2D eigenvalue weighted by Crippen LogP contribution is -2.14. The summed E-state index contributed by atoms with van der Waals surface area (Å²) in [5, 5.41) is 24.6. The van der Waals surface area contributed by atoms with Gasteiger partial charge in [0.1, 0.15) is 4.88 Å². The van der Waals surface area contributed by atoms with Crippen LogP contribution in [0.15, 0.2) is 0 Å². The Bertz CT molecular complexity index is 593. The molecule has 1 N–H and O–H groups in total. The van der Waals surface area contributed by atoms with E-state index in [4.69, 9.17) is 5.11 Å². The van der Waals surface area contributed by atoms with Crippen LogP contribution in [0.1, 0.15) is 38.8 Å². The van der Waals surface area contributed by atoms with Crippen molar-refractivity contribution in [3.63, 3.8) is 0 Å². The molecule has 0 spiro atoms. The second kappa shape index (κ2) is 6.04. The van der Waals surface area contributed by atoms with Gasteiger partial charge in [0.15, 0.2) is 5.82 Å². The average Bonchev–Trinajstić information content (AvgIpc) is 3.03. The van der Waals surface area contributed by atoms with E-state index in [1.807, 2.05) is 13.8 Å². The van der Waals surface area contributed by atoms with Gasteiger partial charge in [-0.3, -0.25) is 4.79 Å². The lowest BCUT2D eigenvalue weighted by Gasteiger charge is -2.07. The van der Waals surface area contributed by atoms with Gasteiger partial charge in [0, 0.05) is 6.54 Å². The van der Waals surface area contributed by atoms with Gasteiger partial charge in [-0.25, -0.2) is 4.68 Å². The van der Waals surface area contributed by atoms with Gasteiger partial charge in [-0.1, -0.05) is 25.3 Å². The van der Waals surface area contributed by atoms with Crippen molar-refractivity contribution in [3.05, 3.63) is 5.69 Å². The van der Waals surface area contributed by atoms with Crippen molar-refractivity contribution in [1.82, 2.24) is 29.8 Å². The van der Waals surface area contributed by atoms with Crippen molar-refractivity contribution in [2.75, 3.05) is 0 Å². The smallest absolute Gasteiger partial charge is 0.306 e. The predicted molar refractivity (Wildman–Crippen MR) is 72.2 cm³/mol. The minimum absolute atomic E-state index is 0.229. The maximum Gasteiger partial charge on any atom is 0.306 e. The Labute approximate surface area is 120 Å². The van der Waals surface area contributed by atoms with Gasteiger partial charge in [0.2, 0.25) is 0 Å². The molecule has 2 heterocycles. The van der Waals surface area contributed by atoms with Crippen LogP contribution in [0.25, 0.3) is 10.7 Å². The van der Waals surface area contributed by atoms with E-state index in [1.54, 1.807) is 11.6 Å².